The summed E-state index contributed by atoms with van der Waals surface area (Å²) >= 11 is 0. The van der Waals surface area contributed by atoms with Crippen LogP contribution in [0.4, 0.5) is 0 Å². The zero-order valence-electron chi connectivity index (χ0n) is 34.0. The minimum atomic E-state index is 0.546. The van der Waals surface area contributed by atoms with E-state index in [9.17, 15) is 0 Å². The number of nitrogens with zero attached hydrogens (tertiary/aromatic N) is 6. The van der Waals surface area contributed by atoms with Gasteiger partial charge in [-0.05, 0) is 59.7 Å². The molecule has 0 aliphatic heterocycles. The van der Waals surface area contributed by atoms with E-state index in [4.69, 9.17) is 15.0 Å². The number of para-hydroxylation sites is 6. The highest BCUT2D eigenvalue weighted by molar-refractivity contribution is 6.12. The van der Waals surface area contributed by atoms with Gasteiger partial charge in [0.2, 0.25) is 5.95 Å². The lowest BCUT2D eigenvalue weighted by atomic mass is 10.0. The van der Waals surface area contributed by atoms with Crippen LogP contribution in [-0.4, -0.2) is 28.7 Å². The molecule has 6 heteroatoms. The lowest BCUT2D eigenvalue weighted by Gasteiger charge is -2.20. The van der Waals surface area contributed by atoms with Crippen molar-refractivity contribution < 1.29 is 0 Å². The molecule has 4 aromatic heterocycles. The van der Waals surface area contributed by atoms with Crippen LogP contribution in [0.5, 0.6) is 0 Å². The summed E-state index contributed by atoms with van der Waals surface area (Å²) in [6.45, 7) is 0. The van der Waals surface area contributed by atoms with Gasteiger partial charge < -0.3 is 9.13 Å². The van der Waals surface area contributed by atoms with Gasteiger partial charge in [0.05, 0.1) is 50.0 Å². The first kappa shape index (κ1) is 35.2. The molecule has 0 spiro atoms. The van der Waals surface area contributed by atoms with E-state index in [2.05, 4.69) is 226 Å². The second-order valence-electron chi connectivity index (χ2n) is 16.0. The average molecular weight is 805 g/mol. The first-order chi connectivity index (χ1) is 31.3. The fourth-order valence-electron chi connectivity index (χ4n) is 9.78. The van der Waals surface area contributed by atoms with Gasteiger partial charge in [-0.25, -0.2) is 4.98 Å². The van der Waals surface area contributed by atoms with Crippen molar-refractivity contribution in [1.82, 2.24) is 28.7 Å². The van der Waals surface area contributed by atoms with Gasteiger partial charge in [0.15, 0.2) is 11.6 Å². The monoisotopic (exact) mass is 804 g/mol. The Balaban J connectivity index is 1.17. The van der Waals surface area contributed by atoms with E-state index in [0.717, 1.165) is 77.5 Å². The third-order valence-corrected chi connectivity index (χ3v) is 12.5. The summed E-state index contributed by atoms with van der Waals surface area (Å²) in [5.74, 6) is 1.70. The fraction of sp³-hybridized carbons (Fsp3) is 0. The summed E-state index contributed by atoms with van der Waals surface area (Å²) in [5, 5.41) is 7.01. The maximum Gasteiger partial charge on any atom is 0.238 e. The summed E-state index contributed by atoms with van der Waals surface area (Å²) in [7, 11) is 0. The standard InChI is InChI=1S/C57H36N6/c1-2-17-37(18-3-1)38-33-35-39(36-34-38)55-58-56(60-57(59-55)63-50-29-14-8-23-44(50)45-24-9-15-30-51(45)63)54-52(61-46-25-10-4-19-40(46)41-20-5-11-26-47(41)61)31-16-32-53(54)62-48-27-12-6-21-42(48)43-22-7-13-28-49(43)62/h1-36H. The molecule has 9 aromatic carbocycles. The van der Waals surface area contributed by atoms with Crippen LogP contribution < -0.4 is 0 Å². The largest absolute Gasteiger partial charge is 0.308 e. The van der Waals surface area contributed by atoms with E-state index >= 15 is 0 Å². The predicted molar refractivity (Wildman–Crippen MR) is 259 cm³/mol. The number of aromatic nitrogens is 6. The van der Waals surface area contributed by atoms with Gasteiger partial charge in [-0.3, -0.25) is 4.57 Å². The molecule has 0 radical (unpaired) electrons. The highest BCUT2D eigenvalue weighted by atomic mass is 15.2. The molecule has 13 aromatic rings. The normalized spacial score (nSPS) is 11.8. The number of fused-ring (bicyclic) bond motifs is 9. The molecule has 0 saturated heterocycles. The molecule has 6 nitrogen and oxygen atoms in total. The topological polar surface area (TPSA) is 53.5 Å². The van der Waals surface area contributed by atoms with E-state index < -0.39 is 0 Å². The molecule has 0 aliphatic rings. The van der Waals surface area contributed by atoms with Crippen molar-refractivity contribution in [3.8, 4) is 51.2 Å². The van der Waals surface area contributed by atoms with Gasteiger partial charge in [0.1, 0.15) is 0 Å². The molecular weight excluding hydrogens is 769 g/mol. The molecule has 4 heterocycles. The molecule has 0 aliphatic carbocycles. The first-order valence-corrected chi connectivity index (χ1v) is 21.3. The molecule has 13 rings (SSSR count). The van der Waals surface area contributed by atoms with Crippen LogP contribution in [0, 0.1) is 0 Å². The number of rotatable bonds is 6. The molecular formula is C57H36N6. The Labute approximate surface area is 362 Å². The van der Waals surface area contributed by atoms with E-state index in [1.165, 1.54) is 21.5 Å². The van der Waals surface area contributed by atoms with Crippen molar-refractivity contribution in [2.75, 3.05) is 0 Å². The van der Waals surface area contributed by atoms with Crippen molar-refractivity contribution in [2.24, 2.45) is 0 Å². The van der Waals surface area contributed by atoms with E-state index in [1.807, 2.05) is 6.07 Å². The molecule has 0 amide bonds. The molecule has 0 bridgehead atoms. The highest BCUT2D eigenvalue weighted by Crippen LogP contribution is 2.42. The number of hydrogen-bond acceptors (Lipinski definition) is 3. The Morgan fingerprint density at radius 1 is 0.238 bits per heavy atom. The Kier molecular flexibility index (Phi) is 7.80. The molecule has 0 atom stereocenters. The van der Waals surface area contributed by atoms with Crippen LogP contribution in [0.15, 0.2) is 218 Å². The molecule has 294 valence electrons. The van der Waals surface area contributed by atoms with Gasteiger partial charge >= 0.3 is 0 Å². The van der Waals surface area contributed by atoms with Crippen LogP contribution >= 0.6 is 0 Å². The third kappa shape index (κ3) is 5.41. The lowest BCUT2D eigenvalue weighted by molar-refractivity contribution is 0.949. The Morgan fingerprint density at radius 2 is 0.571 bits per heavy atom. The van der Waals surface area contributed by atoms with Crippen LogP contribution in [0.3, 0.4) is 0 Å². The van der Waals surface area contributed by atoms with E-state index in [0.29, 0.717) is 17.6 Å². The SMILES string of the molecule is c1ccc(-c2ccc(-c3nc(-c4c(-n5c6ccccc6c6ccccc65)cccc4-n4c5ccccc5c5ccccc54)nc(-n4c5ccccc5c5ccccc54)n3)cc2)cc1. The van der Waals surface area contributed by atoms with Gasteiger partial charge in [-0.1, -0.05) is 170 Å². The van der Waals surface area contributed by atoms with Crippen molar-refractivity contribution in [3.63, 3.8) is 0 Å². The van der Waals surface area contributed by atoms with Gasteiger partial charge in [0, 0.05) is 37.9 Å². The number of benzene rings is 9. The summed E-state index contributed by atoms with van der Waals surface area (Å²) in [5.41, 5.74) is 12.5. The summed E-state index contributed by atoms with van der Waals surface area (Å²) in [6, 6.07) is 77.3. The zero-order valence-corrected chi connectivity index (χ0v) is 34.0. The smallest absolute Gasteiger partial charge is 0.238 e. The minimum absolute atomic E-state index is 0.546. The first-order valence-electron chi connectivity index (χ1n) is 21.3. The number of hydrogen-bond donors (Lipinski definition) is 0. The molecule has 0 fully saturated rings. The van der Waals surface area contributed by atoms with Crippen molar-refractivity contribution >= 4 is 65.4 Å². The second kappa shape index (κ2) is 14.0. The zero-order chi connectivity index (χ0) is 41.4. The highest BCUT2D eigenvalue weighted by Gasteiger charge is 2.25. The van der Waals surface area contributed by atoms with Crippen molar-refractivity contribution in [1.29, 1.82) is 0 Å². The maximum atomic E-state index is 5.61. The van der Waals surface area contributed by atoms with Crippen molar-refractivity contribution in [2.45, 2.75) is 0 Å². The summed E-state index contributed by atoms with van der Waals surface area (Å²) in [6.07, 6.45) is 0. The van der Waals surface area contributed by atoms with Gasteiger partial charge in [0.25, 0.3) is 0 Å². The van der Waals surface area contributed by atoms with Crippen LogP contribution in [0.25, 0.3) is 117 Å². The second-order valence-corrected chi connectivity index (χ2v) is 16.0. The van der Waals surface area contributed by atoms with E-state index in [1.54, 1.807) is 0 Å². The van der Waals surface area contributed by atoms with Crippen LogP contribution in [0.2, 0.25) is 0 Å². The Bertz CT molecular complexity index is 3620. The minimum Gasteiger partial charge on any atom is -0.308 e. The Morgan fingerprint density at radius 3 is 1.00 bits per heavy atom. The molecule has 0 N–H and O–H groups in total. The fourth-order valence-corrected chi connectivity index (χ4v) is 9.78. The predicted octanol–water partition coefficient (Wildman–Crippen LogP) is 14.2. The lowest BCUT2D eigenvalue weighted by Crippen LogP contribution is -2.10. The molecule has 0 saturated carbocycles. The van der Waals surface area contributed by atoms with Crippen LogP contribution in [-0.2, 0) is 0 Å². The summed E-state index contributed by atoms with van der Waals surface area (Å²) < 4.78 is 6.96. The third-order valence-electron chi connectivity index (χ3n) is 12.5. The van der Waals surface area contributed by atoms with Gasteiger partial charge in [-0.15, -0.1) is 0 Å². The van der Waals surface area contributed by atoms with Crippen molar-refractivity contribution in [3.05, 3.63) is 218 Å². The molecule has 0 unspecified atom stereocenters. The average Bonchev–Trinajstić information content (AvgIpc) is 4.00. The Hall–Kier alpha value is -8.61. The molecule has 63 heavy (non-hydrogen) atoms. The van der Waals surface area contributed by atoms with Crippen LogP contribution in [0.1, 0.15) is 0 Å². The quantitative estimate of drug-likeness (QED) is 0.168. The summed E-state index contributed by atoms with van der Waals surface area (Å²) in [4.78, 5) is 16.5. The van der Waals surface area contributed by atoms with Gasteiger partial charge in [-0.2, -0.15) is 9.97 Å². The maximum absolute atomic E-state index is 5.61. The van der Waals surface area contributed by atoms with E-state index in [-0.39, 0.29) is 0 Å².